The molecule has 1 aromatic heterocycles. The molecule has 0 saturated carbocycles. The van der Waals surface area contributed by atoms with E-state index < -0.39 is 6.03 Å². The number of amides is 3. The zero-order valence-corrected chi connectivity index (χ0v) is 19.5. The Labute approximate surface area is 196 Å². The fourth-order valence-electron chi connectivity index (χ4n) is 3.63. The van der Waals surface area contributed by atoms with E-state index >= 15 is 0 Å². The number of hydrogen-bond donors (Lipinski definition) is 2. The van der Waals surface area contributed by atoms with Crippen LogP contribution in [0.4, 0.5) is 21.3 Å². The van der Waals surface area contributed by atoms with Gasteiger partial charge in [-0.25, -0.2) is 9.78 Å². The molecular weight excluding hydrogens is 446 g/mol. The molecule has 0 radical (unpaired) electrons. The van der Waals surface area contributed by atoms with Crippen LogP contribution in [0.15, 0.2) is 48.5 Å². The highest BCUT2D eigenvalue weighted by molar-refractivity contribution is 7.17. The largest absolute Gasteiger partial charge is 0.367 e. The second kappa shape index (κ2) is 9.58. The number of halogens is 1. The smallest absolute Gasteiger partial charge is 0.325 e. The lowest BCUT2D eigenvalue weighted by Crippen LogP contribution is -2.48. The summed E-state index contributed by atoms with van der Waals surface area (Å²) in [6.07, 6.45) is 0. The summed E-state index contributed by atoms with van der Waals surface area (Å²) in [5.41, 5.74) is 3.35. The van der Waals surface area contributed by atoms with Gasteiger partial charge in [-0.2, -0.15) is 0 Å². The average Bonchev–Trinajstić information content (AvgIpc) is 3.13. The molecule has 0 unspecified atom stereocenters. The first-order valence-electron chi connectivity index (χ1n) is 10.3. The third-order valence-corrected chi connectivity index (χ3v) is 6.63. The summed E-state index contributed by atoms with van der Waals surface area (Å²) in [7, 11) is 0. The predicted molar refractivity (Wildman–Crippen MR) is 130 cm³/mol. The van der Waals surface area contributed by atoms with Gasteiger partial charge in [-0.05, 0) is 43.7 Å². The Morgan fingerprint density at radius 3 is 2.47 bits per heavy atom. The maximum Gasteiger partial charge on any atom is 0.325 e. The van der Waals surface area contributed by atoms with Crippen molar-refractivity contribution in [1.29, 1.82) is 0 Å². The molecule has 3 amide bonds. The molecule has 9 heteroatoms. The molecule has 7 nitrogen and oxygen atoms in total. The first kappa shape index (κ1) is 22.1. The Bertz CT molecular complexity index is 1140. The fraction of sp³-hybridized carbons (Fsp3) is 0.261. The van der Waals surface area contributed by atoms with E-state index in [1.807, 2.05) is 60.4 Å². The Kier molecular flexibility index (Phi) is 6.62. The molecule has 0 bridgehead atoms. The van der Waals surface area contributed by atoms with Crippen molar-refractivity contribution >= 4 is 51.4 Å². The van der Waals surface area contributed by atoms with E-state index in [4.69, 9.17) is 11.6 Å². The number of carbonyl (C=O) groups is 2. The number of aryl methyl sites for hydroxylation is 2. The van der Waals surface area contributed by atoms with Gasteiger partial charge in [0, 0.05) is 31.9 Å². The fourth-order valence-corrected chi connectivity index (χ4v) is 4.82. The van der Waals surface area contributed by atoms with E-state index in [9.17, 15) is 9.59 Å². The summed E-state index contributed by atoms with van der Waals surface area (Å²) in [6.45, 7) is 6.34. The second-order valence-corrected chi connectivity index (χ2v) is 9.02. The Morgan fingerprint density at radius 1 is 1.00 bits per heavy atom. The monoisotopic (exact) mass is 469 g/mol. The highest BCUT2D eigenvalue weighted by Crippen LogP contribution is 2.28. The first-order valence-corrected chi connectivity index (χ1v) is 11.5. The number of anilines is 3. The molecule has 166 valence electrons. The number of aromatic nitrogens is 1. The Hall–Kier alpha value is -3.10. The van der Waals surface area contributed by atoms with Crippen molar-refractivity contribution in [3.8, 4) is 0 Å². The molecule has 1 saturated heterocycles. The van der Waals surface area contributed by atoms with E-state index in [1.54, 1.807) is 6.92 Å². The number of carbonyl (C=O) groups excluding carboxylic acids is 2. The van der Waals surface area contributed by atoms with Crippen LogP contribution in [0, 0.1) is 13.8 Å². The molecule has 0 spiro atoms. The lowest BCUT2D eigenvalue weighted by molar-refractivity contribution is 0.0750. The summed E-state index contributed by atoms with van der Waals surface area (Å²) < 4.78 is 0. The van der Waals surface area contributed by atoms with Crippen molar-refractivity contribution in [2.45, 2.75) is 13.8 Å². The number of nitrogens with zero attached hydrogens (tertiary/aromatic N) is 3. The van der Waals surface area contributed by atoms with Gasteiger partial charge in [-0.1, -0.05) is 47.2 Å². The Balaban J connectivity index is 1.37. The van der Waals surface area contributed by atoms with Crippen molar-refractivity contribution in [1.82, 2.24) is 9.88 Å². The van der Waals surface area contributed by atoms with Gasteiger partial charge in [-0.3, -0.25) is 10.1 Å². The van der Waals surface area contributed by atoms with Gasteiger partial charge in [0.2, 0.25) is 0 Å². The van der Waals surface area contributed by atoms with Crippen LogP contribution in [0.5, 0.6) is 0 Å². The second-order valence-electron chi connectivity index (χ2n) is 7.61. The molecular formula is C23H24ClN5O2S. The lowest BCUT2D eigenvalue weighted by atomic mass is 10.2. The van der Waals surface area contributed by atoms with Crippen LogP contribution in [-0.2, 0) is 0 Å². The van der Waals surface area contributed by atoms with Gasteiger partial charge in [0.15, 0.2) is 5.13 Å². The quantitative estimate of drug-likeness (QED) is 0.562. The molecule has 3 aromatic rings. The van der Waals surface area contributed by atoms with Gasteiger partial charge >= 0.3 is 6.03 Å². The number of urea groups is 1. The van der Waals surface area contributed by atoms with Gasteiger partial charge < -0.3 is 15.1 Å². The maximum absolute atomic E-state index is 13.1. The van der Waals surface area contributed by atoms with Crippen LogP contribution in [0.2, 0.25) is 5.02 Å². The molecule has 2 N–H and O–H groups in total. The molecule has 4 rings (SSSR count). The minimum Gasteiger partial charge on any atom is -0.367 e. The zero-order valence-electron chi connectivity index (χ0n) is 17.9. The maximum atomic E-state index is 13.1. The van der Waals surface area contributed by atoms with Crippen molar-refractivity contribution in [2.75, 3.05) is 41.7 Å². The standard InChI is InChI=1S/C23H24ClN5O2S/c1-15-6-5-7-17(14-15)26-22(31)27-23-25-16(2)20(32-23)21(30)29-12-10-28(11-13-29)19-9-4-3-8-18(19)24/h3-9,14H,10-13H2,1-2H3,(H2,25,26,27,31). The van der Waals surface area contributed by atoms with E-state index in [1.165, 1.54) is 11.3 Å². The molecule has 32 heavy (non-hydrogen) atoms. The number of nitrogens with one attached hydrogen (secondary N) is 2. The van der Waals surface area contributed by atoms with Crippen LogP contribution >= 0.6 is 22.9 Å². The van der Waals surface area contributed by atoms with E-state index in [0.29, 0.717) is 52.6 Å². The molecule has 1 aliphatic heterocycles. The summed E-state index contributed by atoms with van der Waals surface area (Å²) in [5, 5.41) is 6.62. The normalized spacial score (nSPS) is 13.7. The summed E-state index contributed by atoms with van der Waals surface area (Å²) in [4.78, 5) is 34.3. The molecule has 0 aliphatic carbocycles. The number of benzene rings is 2. The third kappa shape index (κ3) is 5.03. The minimum absolute atomic E-state index is 0.0639. The first-order chi connectivity index (χ1) is 15.4. The number of hydrogen-bond acceptors (Lipinski definition) is 5. The van der Waals surface area contributed by atoms with Crippen LogP contribution in [0.3, 0.4) is 0 Å². The average molecular weight is 470 g/mol. The van der Waals surface area contributed by atoms with Gasteiger partial charge in [0.05, 0.1) is 16.4 Å². The summed E-state index contributed by atoms with van der Waals surface area (Å²) in [5.74, 6) is -0.0639. The topological polar surface area (TPSA) is 77.6 Å². The number of para-hydroxylation sites is 1. The minimum atomic E-state index is -0.392. The SMILES string of the molecule is Cc1cccc(NC(=O)Nc2nc(C)c(C(=O)N3CCN(c4ccccc4Cl)CC3)s2)c1. The Morgan fingerprint density at radius 2 is 1.75 bits per heavy atom. The number of piperazine rings is 1. The summed E-state index contributed by atoms with van der Waals surface area (Å²) in [6, 6.07) is 14.9. The van der Waals surface area contributed by atoms with E-state index in [-0.39, 0.29) is 5.91 Å². The van der Waals surface area contributed by atoms with Crippen LogP contribution < -0.4 is 15.5 Å². The van der Waals surface area contributed by atoms with E-state index in [2.05, 4.69) is 20.5 Å². The zero-order chi connectivity index (χ0) is 22.7. The molecule has 1 aliphatic rings. The number of thiazole rings is 1. The summed E-state index contributed by atoms with van der Waals surface area (Å²) >= 11 is 7.50. The van der Waals surface area contributed by atoms with Crippen LogP contribution in [0.1, 0.15) is 20.9 Å². The van der Waals surface area contributed by atoms with E-state index in [0.717, 1.165) is 11.3 Å². The lowest BCUT2D eigenvalue weighted by Gasteiger charge is -2.36. The van der Waals surface area contributed by atoms with Crippen LogP contribution in [-0.4, -0.2) is 48.0 Å². The third-order valence-electron chi connectivity index (χ3n) is 5.25. The molecule has 2 heterocycles. The van der Waals surface area contributed by atoms with Crippen LogP contribution in [0.25, 0.3) is 0 Å². The van der Waals surface area contributed by atoms with Gasteiger partial charge in [0.1, 0.15) is 4.88 Å². The highest BCUT2D eigenvalue weighted by Gasteiger charge is 2.26. The van der Waals surface area contributed by atoms with Gasteiger partial charge in [-0.15, -0.1) is 0 Å². The van der Waals surface area contributed by atoms with Crippen molar-refractivity contribution in [3.63, 3.8) is 0 Å². The van der Waals surface area contributed by atoms with Crippen molar-refractivity contribution in [2.24, 2.45) is 0 Å². The van der Waals surface area contributed by atoms with Crippen molar-refractivity contribution < 1.29 is 9.59 Å². The number of rotatable bonds is 4. The highest BCUT2D eigenvalue weighted by atomic mass is 35.5. The molecule has 1 fully saturated rings. The predicted octanol–water partition coefficient (Wildman–Crippen LogP) is 5.02. The molecule has 2 aromatic carbocycles. The molecule has 0 atom stereocenters. The van der Waals surface area contributed by atoms with Gasteiger partial charge in [0.25, 0.3) is 5.91 Å². The van der Waals surface area contributed by atoms with Crippen molar-refractivity contribution in [3.05, 3.63) is 69.7 Å².